The van der Waals surface area contributed by atoms with E-state index >= 15 is 0 Å². The highest BCUT2D eigenvalue weighted by Crippen LogP contribution is 2.58. The van der Waals surface area contributed by atoms with Crippen molar-refractivity contribution in [1.29, 1.82) is 0 Å². The van der Waals surface area contributed by atoms with Crippen molar-refractivity contribution in [1.82, 2.24) is 4.98 Å². The van der Waals surface area contributed by atoms with Gasteiger partial charge in [-0.3, -0.25) is 4.98 Å². The lowest BCUT2D eigenvalue weighted by Gasteiger charge is -2.28. The van der Waals surface area contributed by atoms with Crippen molar-refractivity contribution < 1.29 is 26.5 Å². The minimum absolute atomic E-state index is 0. The quantitative estimate of drug-likeness (QED) is 0.284. The Morgan fingerprint density at radius 2 is 1.22 bits per heavy atom. The fraction of sp³-hybridized carbons (Fsp3) is 0.111. The van der Waals surface area contributed by atoms with Crippen LogP contribution in [0.25, 0.3) is 0 Å². The molecular formula is C27H25BrNO2P. The van der Waals surface area contributed by atoms with E-state index in [4.69, 9.17) is 4.74 Å². The van der Waals surface area contributed by atoms with Crippen LogP contribution in [0.5, 0.6) is 0 Å². The van der Waals surface area contributed by atoms with E-state index in [1.807, 2.05) is 31.2 Å². The number of aromatic nitrogens is 1. The second-order valence-corrected chi connectivity index (χ2v) is 10.7. The molecule has 0 N–H and O–H groups in total. The first kappa shape index (κ1) is 23.8. The van der Waals surface area contributed by atoms with E-state index in [-0.39, 0.29) is 23.0 Å². The third-order valence-corrected chi connectivity index (χ3v) is 9.68. The van der Waals surface area contributed by atoms with Crippen LogP contribution in [-0.2, 0) is 10.9 Å². The molecule has 0 spiro atoms. The Balaban J connectivity index is 0.00000289. The Bertz CT molecular complexity index is 1040. The second kappa shape index (κ2) is 11.2. The Labute approximate surface area is 200 Å². The number of benzene rings is 3. The number of esters is 1. The van der Waals surface area contributed by atoms with Crippen LogP contribution < -0.4 is 32.9 Å². The number of nitrogens with zero attached hydrogens (tertiary/aromatic N) is 1. The van der Waals surface area contributed by atoms with E-state index < -0.39 is 7.26 Å². The summed E-state index contributed by atoms with van der Waals surface area (Å²) in [5.74, 6) is -0.321. The number of pyridine rings is 1. The number of ether oxygens (including phenoxy) is 1. The lowest BCUT2D eigenvalue weighted by molar-refractivity contribution is -0.0000245. The van der Waals surface area contributed by atoms with E-state index in [1.54, 1.807) is 12.3 Å². The highest BCUT2D eigenvalue weighted by Gasteiger charge is 2.46. The molecule has 1 aromatic heterocycles. The molecule has 4 rings (SSSR count). The minimum Gasteiger partial charge on any atom is -1.00 e. The Hall–Kier alpha value is -2.81. The van der Waals surface area contributed by atoms with Gasteiger partial charge in [-0.2, -0.15) is 0 Å². The SMILES string of the molecule is CCOC(=O)c1cccnc1C[P+](c1ccccc1)(c1ccccc1)c1ccccc1.[Br-]. The summed E-state index contributed by atoms with van der Waals surface area (Å²) in [6.07, 6.45) is 2.40. The van der Waals surface area contributed by atoms with Crippen LogP contribution in [0, 0.1) is 0 Å². The molecule has 0 unspecified atom stereocenters. The standard InChI is InChI=1S/C27H25NO2P.BrH/c1-2-30-27(29)25-19-12-20-28-26(25)21-31(22-13-6-3-7-14-22,23-15-8-4-9-16-23)24-17-10-5-11-18-24;/h3-20H,2,21H2,1H3;1H/q+1;/p-1. The zero-order valence-corrected chi connectivity index (χ0v) is 20.4. The van der Waals surface area contributed by atoms with Crippen molar-refractivity contribution in [2.24, 2.45) is 0 Å². The van der Waals surface area contributed by atoms with Crippen molar-refractivity contribution in [3.63, 3.8) is 0 Å². The van der Waals surface area contributed by atoms with Gasteiger partial charge in [-0.1, -0.05) is 54.6 Å². The summed E-state index contributed by atoms with van der Waals surface area (Å²) >= 11 is 0. The van der Waals surface area contributed by atoms with Crippen molar-refractivity contribution in [2.45, 2.75) is 13.1 Å². The van der Waals surface area contributed by atoms with Crippen molar-refractivity contribution in [3.8, 4) is 0 Å². The molecule has 0 aliphatic rings. The lowest BCUT2D eigenvalue weighted by Crippen LogP contribution is -3.00. The van der Waals surface area contributed by atoms with Crippen molar-refractivity contribution in [2.75, 3.05) is 6.61 Å². The molecule has 0 bridgehead atoms. The van der Waals surface area contributed by atoms with Gasteiger partial charge in [0.05, 0.1) is 17.9 Å². The zero-order valence-electron chi connectivity index (χ0n) is 17.9. The van der Waals surface area contributed by atoms with Gasteiger partial charge in [-0.05, 0) is 55.5 Å². The maximum Gasteiger partial charge on any atom is 0.340 e. The van der Waals surface area contributed by atoms with E-state index in [0.29, 0.717) is 18.3 Å². The third kappa shape index (κ3) is 4.82. The molecule has 0 aliphatic carbocycles. The first-order valence-corrected chi connectivity index (χ1v) is 12.4. The maximum absolute atomic E-state index is 12.7. The molecule has 0 saturated carbocycles. The molecule has 0 amide bonds. The molecule has 4 aromatic rings. The maximum atomic E-state index is 12.7. The number of carbonyl (C=O) groups is 1. The molecule has 0 aliphatic heterocycles. The number of halogens is 1. The number of hydrogen-bond acceptors (Lipinski definition) is 3. The van der Waals surface area contributed by atoms with Gasteiger partial charge >= 0.3 is 5.97 Å². The van der Waals surface area contributed by atoms with Gasteiger partial charge < -0.3 is 21.7 Å². The van der Waals surface area contributed by atoms with Crippen LogP contribution in [0.4, 0.5) is 0 Å². The van der Waals surface area contributed by atoms with Crippen LogP contribution >= 0.6 is 7.26 Å². The smallest absolute Gasteiger partial charge is 0.340 e. The fourth-order valence-corrected chi connectivity index (χ4v) is 8.14. The van der Waals surface area contributed by atoms with Crippen molar-refractivity contribution >= 4 is 29.1 Å². The van der Waals surface area contributed by atoms with Crippen LogP contribution in [0.2, 0.25) is 0 Å². The van der Waals surface area contributed by atoms with Gasteiger partial charge in [-0.25, -0.2) is 4.79 Å². The largest absolute Gasteiger partial charge is 1.00 e. The molecule has 162 valence electrons. The zero-order chi connectivity index (χ0) is 21.5. The van der Waals surface area contributed by atoms with E-state index in [2.05, 4.69) is 77.8 Å². The average molecular weight is 506 g/mol. The monoisotopic (exact) mass is 505 g/mol. The lowest BCUT2D eigenvalue weighted by atomic mass is 10.2. The summed E-state index contributed by atoms with van der Waals surface area (Å²) in [5, 5.41) is 3.77. The van der Waals surface area contributed by atoms with Crippen LogP contribution in [0.15, 0.2) is 109 Å². The summed E-state index contributed by atoms with van der Waals surface area (Å²) in [6.45, 7) is 2.16. The Morgan fingerprint density at radius 3 is 1.66 bits per heavy atom. The molecule has 5 heteroatoms. The molecule has 3 aromatic carbocycles. The first-order valence-electron chi connectivity index (χ1n) is 10.4. The number of carbonyl (C=O) groups excluding carboxylic acids is 1. The fourth-order valence-electron chi connectivity index (χ4n) is 3.95. The number of hydrogen-bond donors (Lipinski definition) is 0. The highest BCUT2D eigenvalue weighted by atomic mass is 79.9. The summed E-state index contributed by atoms with van der Waals surface area (Å²) in [6, 6.07) is 35.4. The van der Waals surface area contributed by atoms with Gasteiger partial charge in [0.2, 0.25) is 0 Å². The Kier molecular flexibility index (Phi) is 8.33. The predicted molar refractivity (Wildman–Crippen MR) is 129 cm³/mol. The molecule has 0 atom stereocenters. The highest BCUT2D eigenvalue weighted by molar-refractivity contribution is 7.95. The van der Waals surface area contributed by atoms with Crippen LogP contribution in [-0.4, -0.2) is 17.6 Å². The average Bonchev–Trinajstić information content (AvgIpc) is 2.84. The molecule has 0 fully saturated rings. The Morgan fingerprint density at radius 1 is 0.750 bits per heavy atom. The topological polar surface area (TPSA) is 39.2 Å². The van der Waals surface area contributed by atoms with E-state index in [0.717, 1.165) is 5.69 Å². The predicted octanol–water partition coefficient (Wildman–Crippen LogP) is 1.76. The van der Waals surface area contributed by atoms with Crippen LogP contribution in [0.3, 0.4) is 0 Å². The van der Waals surface area contributed by atoms with E-state index in [1.165, 1.54) is 15.9 Å². The van der Waals surface area contributed by atoms with Gasteiger partial charge in [0, 0.05) is 6.20 Å². The van der Waals surface area contributed by atoms with Gasteiger partial charge in [0.25, 0.3) is 0 Å². The normalized spacial score (nSPS) is 10.8. The molecule has 3 nitrogen and oxygen atoms in total. The van der Waals surface area contributed by atoms with Gasteiger partial charge in [0.15, 0.2) is 0 Å². The molecular weight excluding hydrogens is 481 g/mol. The molecule has 0 saturated heterocycles. The van der Waals surface area contributed by atoms with Crippen molar-refractivity contribution in [3.05, 3.63) is 121 Å². The number of rotatable bonds is 7. The summed E-state index contributed by atoms with van der Waals surface area (Å²) in [4.78, 5) is 17.4. The van der Waals surface area contributed by atoms with Crippen LogP contribution in [0.1, 0.15) is 23.0 Å². The molecule has 0 radical (unpaired) electrons. The summed E-state index contributed by atoms with van der Waals surface area (Å²) < 4.78 is 5.33. The molecule has 1 heterocycles. The van der Waals surface area contributed by atoms with Gasteiger partial charge in [-0.15, -0.1) is 0 Å². The first-order chi connectivity index (χ1) is 15.3. The summed E-state index contributed by atoms with van der Waals surface area (Å²) in [5.41, 5.74) is 1.31. The second-order valence-electron chi connectivity index (χ2n) is 7.19. The van der Waals surface area contributed by atoms with Gasteiger partial charge in [0.1, 0.15) is 29.3 Å². The summed E-state index contributed by atoms with van der Waals surface area (Å²) in [7, 11) is -2.13. The minimum atomic E-state index is -2.13. The molecule has 32 heavy (non-hydrogen) atoms. The third-order valence-electron chi connectivity index (χ3n) is 5.36. The van der Waals surface area contributed by atoms with E-state index in [9.17, 15) is 4.79 Å².